The minimum Gasteiger partial charge on any atom is -0.340 e. The third-order valence-electron chi connectivity index (χ3n) is 5.63. The summed E-state index contributed by atoms with van der Waals surface area (Å²) in [6, 6.07) is 6.34. The molecule has 2 aromatic rings. The number of aromatic amines is 1. The van der Waals surface area contributed by atoms with Crippen LogP contribution in [0.25, 0.3) is 0 Å². The van der Waals surface area contributed by atoms with Crippen LogP contribution in [-0.4, -0.2) is 57.1 Å². The van der Waals surface area contributed by atoms with Gasteiger partial charge in [0.05, 0.1) is 17.8 Å². The number of rotatable bonds is 3. The molecule has 25 heavy (non-hydrogen) atoms. The number of amides is 1. The Hall–Kier alpha value is -2.21. The van der Waals surface area contributed by atoms with E-state index in [4.69, 9.17) is 0 Å². The lowest BCUT2D eigenvalue weighted by Gasteiger charge is -2.39. The highest BCUT2D eigenvalue weighted by atomic mass is 16.2. The minimum atomic E-state index is -0.0118. The summed E-state index contributed by atoms with van der Waals surface area (Å²) in [5.74, 6) is 0.259. The van der Waals surface area contributed by atoms with Crippen LogP contribution in [0.5, 0.6) is 0 Å². The molecular weight excluding hydrogens is 314 g/mol. The van der Waals surface area contributed by atoms with Crippen LogP contribution in [-0.2, 0) is 11.2 Å². The van der Waals surface area contributed by atoms with E-state index in [0.717, 1.165) is 62.4 Å². The zero-order valence-electron chi connectivity index (χ0n) is 14.7. The molecule has 1 N–H and O–H groups in total. The third kappa shape index (κ3) is 3.18. The molecule has 1 saturated heterocycles. The van der Waals surface area contributed by atoms with Crippen molar-refractivity contribution in [2.24, 2.45) is 0 Å². The number of fused-ring (bicyclic) bond motifs is 1. The van der Waals surface area contributed by atoms with E-state index in [2.05, 4.69) is 33.1 Å². The summed E-state index contributed by atoms with van der Waals surface area (Å²) in [4.78, 5) is 21.9. The SMILES string of the molecule is C[C@@H](c1ccccn1)N1CCN(C(=O)[C@H]2CCCc3[nH]ncc32)CC1. The second-order valence-electron chi connectivity index (χ2n) is 7.04. The Balaban J connectivity index is 1.39. The fraction of sp³-hybridized carbons (Fsp3) is 0.526. The molecule has 2 aliphatic rings. The molecule has 1 aliphatic heterocycles. The van der Waals surface area contributed by atoms with Crippen LogP contribution in [0.2, 0.25) is 0 Å². The Labute approximate surface area is 148 Å². The molecule has 1 amide bonds. The van der Waals surface area contributed by atoms with Crippen molar-refractivity contribution >= 4 is 5.91 Å². The number of nitrogens with zero attached hydrogens (tertiary/aromatic N) is 4. The standard InChI is InChI=1S/C19H25N5O/c1-14(17-6-2-3-8-20-17)23-9-11-24(12-10-23)19(25)15-5-4-7-18-16(15)13-21-22-18/h2-3,6,8,13-15H,4-5,7,9-12H2,1H3,(H,21,22)/t14-,15-/m0/s1. The van der Waals surface area contributed by atoms with Gasteiger partial charge < -0.3 is 4.90 Å². The smallest absolute Gasteiger partial charge is 0.230 e. The third-order valence-corrected chi connectivity index (χ3v) is 5.63. The number of nitrogens with one attached hydrogen (secondary N) is 1. The Morgan fingerprint density at radius 1 is 1.28 bits per heavy atom. The van der Waals surface area contributed by atoms with Crippen molar-refractivity contribution in [2.45, 2.75) is 38.1 Å². The van der Waals surface area contributed by atoms with Gasteiger partial charge in [-0.3, -0.25) is 19.8 Å². The lowest BCUT2D eigenvalue weighted by Crippen LogP contribution is -2.50. The van der Waals surface area contributed by atoms with Gasteiger partial charge in [0.25, 0.3) is 0 Å². The van der Waals surface area contributed by atoms with E-state index in [1.807, 2.05) is 29.4 Å². The van der Waals surface area contributed by atoms with Crippen molar-refractivity contribution in [3.05, 3.63) is 47.5 Å². The van der Waals surface area contributed by atoms with Crippen molar-refractivity contribution < 1.29 is 4.79 Å². The molecule has 0 aromatic carbocycles. The molecule has 1 fully saturated rings. The van der Waals surface area contributed by atoms with E-state index in [1.165, 1.54) is 0 Å². The van der Waals surface area contributed by atoms with E-state index < -0.39 is 0 Å². The molecule has 4 rings (SSSR count). The molecular formula is C19H25N5O. The zero-order valence-corrected chi connectivity index (χ0v) is 14.7. The number of H-pyrrole nitrogens is 1. The Morgan fingerprint density at radius 3 is 2.88 bits per heavy atom. The van der Waals surface area contributed by atoms with Gasteiger partial charge in [-0.1, -0.05) is 6.07 Å². The number of hydrogen-bond acceptors (Lipinski definition) is 4. The van der Waals surface area contributed by atoms with Crippen molar-refractivity contribution in [2.75, 3.05) is 26.2 Å². The number of piperazine rings is 1. The summed E-state index contributed by atoms with van der Waals surface area (Å²) in [6.45, 7) is 5.57. The minimum absolute atomic E-state index is 0.0118. The second kappa shape index (κ2) is 6.96. The summed E-state index contributed by atoms with van der Waals surface area (Å²) in [6.07, 6.45) is 6.69. The molecule has 0 spiro atoms. The summed E-state index contributed by atoms with van der Waals surface area (Å²) in [5, 5.41) is 7.19. The van der Waals surface area contributed by atoms with Crippen LogP contribution < -0.4 is 0 Å². The first-order valence-corrected chi connectivity index (χ1v) is 9.20. The molecule has 2 atom stereocenters. The maximum absolute atomic E-state index is 13.0. The number of aryl methyl sites for hydroxylation is 1. The fourth-order valence-electron chi connectivity index (χ4n) is 4.08. The van der Waals surface area contributed by atoms with Crippen molar-refractivity contribution in [3.63, 3.8) is 0 Å². The molecule has 6 nitrogen and oxygen atoms in total. The second-order valence-corrected chi connectivity index (χ2v) is 7.04. The molecule has 0 radical (unpaired) electrons. The van der Waals surface area contributed by atoms with E-state index in [-0.39, 0.29) is 17.9 Å². The Morgan fingerprint density at radius 2 is 2.12 bits per heavy atom. The van der Waals surface area contributed by atoms with Crippen molar-refractivity contribution in [1.29, 1.82) is 0 Å². The Bertz CT molecular complexity index is 720. The van der Waals surface area contributed by atoms with E-state index >= 15 is 0 Å². The largest absolute Gasteiger partial charge is 0.340 e. The topological polar surface area (TPSA) is 65.1 Å². The van der Waals surface area contributed by atoms with Gasteiger partial charge in [0.1, 0.15) is 0 Å². The van der Waals surface area contributed by atoms with Crippen LogP contribution >= 0.6 is 0 Å². The lowest BCUT2D eigenvalue weighted by atomic mass is 9.86. The molecule has 6 heteroatoms. The van der Waals surface area contributed by atoms with Gasteiger partial charge >= 0.3 is 0 Å². The lowest BCUT2D eigenvalue weighted by molar-refractivity contribution is -0.135. The van der Waals surface area contributed by atoms with E-state index in [1.54, 1.807) is 0 Å². The van der Waals surface area contributed by atoms with Gasteiger partial charge in [-0.2, -0.15) is 5.10 Å². The maximum Gasteiger partial charge on any atom is 0.230 e. The van der Waals surface area contributed by atoms with Crippen LogP contribution in [0.4, 0.5) is 0 Å². The highest BCUT2D eigenvalue weighted by molar-refractivity contribution is 5.84. The molecule has 132 valence electrons. The summed E-state index contributed by atoms with van der Waals surface area (Å²) >= 11 is 0. The highest BCUT2D eigenvalue weighted by Crippen LogP contribution is 2.32. The molecule has 0 saturated carbocycles. The van der Waals surface area contributed by atoms with Crippen LogP contribution in [0.15, 0.2) is 30.6 Å². The molecule has 0 unspecified atom stereocenters. The first kappa shape index (κ1) is 16.3. The molecule has 1 aliphatic carbocycles. The molecule has 2 aromatic heterocycles. The van der Waals surface area contributed by atoms with Gasteiger partial charge in [0.15, 0.2) is 0 Å². The summed E-state index contributed by atoms with van der Waals surface area (Å²) in [7, 11) is 0. The number of pyridine rings is 1. The van der Waals surface area contributed by atoms with Crippen molar-refractivity contribution in [3.8, 4) is 0 Å². The van der Waals surface area contributed by atoms with Crippen LogP contribution in [0, 0.1) is 0 Å². The van der Waals surface area contributed by atoms with Crippen LogP contribution in [0.1, 0.15) is 48.7 Å². The summed E-state index contributed by atoms with van der Waals surface area (Å²) in [5.41, 5.74) is 3.35. The fourth-order valence-corrected chi connectivity index (χ4v) is 4.08. The average molecular weight is 339 g/mol. The molecule has 0 bridgehead atoms. The number of carbonyl (C=O) groups is 1. The van der Waals surface area contributed by atoms with Gasteiger partial charge in [-0.05, 0) is 38.3 Å². The number of aromatic nitrogens is 3. The predicted molar refractivity (Wildman–Crippen MR) is 95.1 cm³/mol. The first-order chi connectivity index (χ1) is 12.2. The highest BCUT2D eigenvalue weighted by Gasteiger charge is 2.33. The molecule has 3 heterocycles. The number of carbonyl (C=O) groups excluding carboxylic acids is 1. The van der Waals surface area contributed by atoms with Gasteiger partial charge in [0, 0.05) is 49.7 Å². The van der Waals surface area contributed by atoms with E-state index in [0.29, 0.717) is 0 Å². The quantitative estimate of drug-likeness (QED) is 0.930. The average Bonchev–Trinajstić information content (AvgIpc) is 3.16. The van der Waals surface area contributed by atoms with Gasteiger partial charge in [0.2, 0.25) is 5.91 Å². The Kier molecular flexibility index (Phi) is 4.53. The van der Waals surface area contributed by atoms with Crippen molar-refractivity contribution in [1.82, 2.24) is 25.0 Å². The van der Waals surface area contributed by atoms with E-state index in [9.17, 15) is 4.79 Å². The van der Waals surface area contributed by atoms with Gasteiger partial charge in [-0.15, -0.1) is 0 Å². The first-order valence-electron chi connectivity index (χ1n) is 9.20. The predicted octanol–water partition coefficient (Wildman–Crippen LogP) is 2.13. The van der Waals surface area contributed by atoms with Gasteiger partial charge in [-0.25, -0.2) is 0 Å². The number of hydrogen-bond donors (Lipinski definition) is 1. The normalized spacial score (nSPS) is 22.4. The summed E-state index contributed by atoms with van der Waals surface area (Å²) < 4.78 is 0. The zero-order chi connectivity index (χ0) is 17.2. The van der Waals surface area contributed by atoms with Crippen LogP contribution in [0.3, 0.4) is 0 Å². The maximum atomic E-state index is 13.0. The monoisotopic (exact) mass is 339 g/mol.